The molecule has 0 aliphatic carbocycles. The molecule has 0 amide bonds. The molecule has 0 aliphatic heterocycles. The van der Waals surface area contributed by atoms with Gasteiger partial charge in [-0.2, -0.15) is 0 Å². The predicted octanol–water partition coefficient (Wildman–Crippen LogP) is 3.23. The van der Waals surface area contributed by atoms with Crippen LogP contribution >= 0.6 is 0 Å². The van der Waals surface area contributed by atoms with Gasteiger partial charge in [-0.1, -0.05) is 13.0 Å². The molecule has 88 valence electrons. The third kappa shape index (κ3) is 1.69. The molecule has 0 unspecified atom stereocenters. The first-order valence-electron chi connectivity index (χ1n) is 5.33. The number of halogens is 1. The van der Waals surface area contributed by atoms with Crippen molar-refractivity contribution < 1.29 is 4.39 Å². The summed E-state index contributed by atoms with van der Waals surface area (Å²) in [6.07, 6.45) is 0.708. The molecule has 3 nitrogen and oxygen atoms in total. The van der Waals surface area contributed by atoms with Crippen molar-refractivity contribution in [2.75, 3.05) is 0 Å². The summed E-state index contributed by atoms with van der Waals surface area (Å²) in [7, 11) is 0. The number of imidazole rings is 1. The van der Waals surface area contributed by atoms with E-state index in [4.69, 9.17) is 0 Å². The lowest BCUT2D eigenvalue weighted by molar-refractivity contribution is 0.621. The van der Waals surface area contributed by atoms with Crippen LogP contribution in [0.4, 0.5) is 4.39 Å². The van der Waals surface area contributed by atoms with Crippen LogP contribution in [0, 0.1) is 12.7 Å². The van der Waals surface area contributed by atoms with E-state index in [1.54, 1.807) is 0 Å². The monoisotopic (exact) mass is 223 g/mol. The number of aromatic nitrogens is 2. The summed E-state index contributed by atoms with van der Waals surface area (Å²) in [4.78, 5) is 4.28. The van der Waals surface area contributed by atoms with Crippen LogP contribution in [0.2, 0.25) is 0 Å². The minimum Gasteiger partial charge on any atom is -0.344 e. The fourth-order valence-electron chi connectivity index (χ4n) is 1.99. The van der Waals surface area contributed by atoms with Crippen molar-refractivity contribution in [1.82, 2.24) is 15.7 Å². The van der Waals surface area contributed by atoms with Crippen molar-refractivity contribution in [3.63, 3.8) is 0 Å². The maximum absolute atomic E-state index is 13.9. The summed E-state index contributed by atoms with van der Waals surface area (Å²) in [5, 5.41) is 0. The van der Waals surface area contributed by atoms with Gasteiger partial charge >= 0.3 is 0 Å². The molecule has 0 aliphatic rings. The number of aryl methyl sites for hydroxylation is 3. The molecular formula is C12H18FN3. The van der Waals surface area contributed by atoms with Gasteiger partial charge in [-0.25, -0.2) is 9.37 Å². The zero-order valence-electron chi connectivity index (χ0n) is 10.0. The summed E-state index contributed by atoms with van der Waals surface area (Å²) < 4.78 is 15.9. The zero-order valence-corrected chi connectivity index (χ0v) is 10.0. The minimum absolute atomic E-state index is 0. The molecule has 0 radical (unpaired) electrons. The SMILES string of the molecule is CCc1ccc2c(nc(C)n2CC)c1F.N. The van der Waals surface area contributed by atoms with Gasteiger partial charge in [-0.3, -0.25) is 0 Å². The Bertz CT molecular complexity index is 502. The second-order valence-corrected chi connectivity index (χ2v) is 3.66. The molecule has 2 rings (SSSR count). The van der Waals surface area contributed by atoms with Gasteiger partial charge in [0.25, 0.3) is 0 Å². The highest BCUT2D eigenvalue weighted by Crippen LogP contribution is 2.22. The Labute approximate surface area is 94.9 Å². The van der Waals surface area contributed by atoms with Gasteiger partial charge in [0, 0.05) is 6.54 Å². The predicted molar refractivity (Wildman–Crippen MR) is 64.5 cm³/mol. The number of rotatable bonds is 2. The molecule has 2 aromatic rings. The fraction of sp³-hybridized carbons (Fsp3) is 0.417. The number of fused-ring (bicyclic) bond motifs is 1. The number of hydrogen-bond donors (Lipinski definition) is 1. The standard InChI is InChI=1S/C12H15FN2.H3N/c1-4-9-6-7-10-12(11(9)13)14-8(3)15(10)5-2;/h6-7H,4-5H2,1-3H3;1H3. The number of nitrogens with zero attached hydrogens (tertiary/aromatic N) is 2. The van der Waals surface area contributed by atoms with Crippen LogP contribution in [0.1, 0.15) is 25.2 Å². The van der Waals surface area contributed by atoms with Gasteiger partial charge in [0.15, 0.2) is 5.82 Å². The Morgan fingerprint density at radius 2 is 2.00 bits per heavy atom. The van der Waals surface area contributed by atoms with E-state index in [0.29, 0.717) is 11.9 Å². The van der Waals surface area contributed by atoms with E-state index >= 15 is 0 Å². The Hall–Kier alpha value is -1.42. The van der Waals surface area contributed by atoms with Crippen molar-refractivity contribution in [2.45, 2.75) is 33.7 Å². The summed E-state index contributed by atoms with van der Waals surface area (Å²) in [6, 6.07) is 3.81. The smallest absolute Gasteiger partial charge is 0.154 e. The lowest BCUT2D eigenvalue weighted by Gasteiger charge is -2.03. The van der Waals surface area contributed by atoms with Crippen molar-refractivity contribution in [3.8, 4) is 0 Å². The maximum atomic E-state index is 13.9. The third-order valence-electron chi connectivity index (χ3n) is 2.83. The topological polar surface area (TPSA) is 52.8 Å². The number of hydrogen-bond acceptors (Lipinski definition) is 2. The van der Waals surface area contributed by atoms with Gasteiger partial charge in [-0.15, -0.1) is 0 Å². The highest BCUT2D eigenvalue weighted by Gasteiger charge is 2.12. The van der Waals surface area contributed by atoms with Gasteiger partial charge in [-0.05, 0) is 31.9 Å². The molecular weight excluding hydrogens is 205 g/mol. The van der Waals surface area contributed by atoms with E-state index in [2.05, 4.69) is 4.98 Å². The average Bonchev–Trinajstić information content (AvgIpc) is 2.56. The van der Waals surface area contributed by atoms with Gasteiger partial charge in [0.2, 0.25) is 0 Å². The molecule has 0 bridgehead atoms. The van der Waals surface area contributed by atoms with Crippen LogP contribution in [0.25, 0.3) is 11.0 Å². The van der Waals surface area contributed by atoms with Crippen LogP contribution in [-0.4, -0.2) is 9.55 Å². The molecule has 0 saturated carbocycles. The molecule has 1 aromatic carbocycles. The lowest BCUT2D eigenvalue weighted by Crippen LogP contribution is -1.96. The Morgan fingerprint density at radius 1 is 1.31 bits per heavy atom. The first kappa shape index (κ1) is 12.6. The first-order chi connectivity index (χ1) is 7.19. The van der Waals surface area contributed by atoms with E-state index in [1.807, 2.05) is 37.5 Å². The molecule has 4 heteroatoms. The largest absolute Gasteiger partial charge is 0.344 e. The van der Waals surface area contributed by atoms with E-state index in [-0.39, 0.29) is 12.0 Å². The van der Waals surface area contributed by atoms with Crippen molar-refractivity contribution in [2.24, 2.45) is 0 Å². The van der Waals surface area contributed by atoms with Crippen molar-refractivity contribution in [1.29, 1.82) is 0 Å². The third-order valence-corrected chi connectivity index (χ3v) is 2.83. The van der Waals surface area contributed by atoms with Gasteiger partial charge in [0.1, 0.15) is 11.3 Å². The minimum atomic E-state index is -0.162. The van der Waals surface area contributed by atoms with E-state index in [0.717, 1.165) is 23.4 Å². The summed E-state index contributed by atoms with van der Waals surface area (Å²) in [6.45, 7) is 6.73. The molecule has 1 aromatic heterocycles. The Balaban J connectivity index is 0.00000128. The average molecular weight is 223 g/mol. The highest BCUT2D eigenvalue weighted by molar-refractivity contribution is 5.77. The molecule has 3 N–H and O–H groups in total. The second-order valence-electron chi connectivity index (χ2n) is 3.66. The molecule has 0 atom stereocenters. The Kier molecular flexibility index (Phi) is 3.65. The normalized spacial score (nSPS) is 10.5. The summed E-state index contributed by atoms with van der Waals surface area (Å²) in [5.74, 6) is 0.713. The van der Waals surface area contributed by atoms with Crippen LogP contribution in [0.5, 0.6) is 0 Å². The lowest BCUT2D eigenvalue weighted by atomic mass is 10.1. The van der Waals surface area contributed by atoms with Crippen LogP contribution in [0.3, 0.4) is 0 Å². The van der Waals surface area contributed by atoms with E-state index in [1.165, 1.54) is 0 Å². The molecule has 0 spiro atoms. The molecule has 16 heavy (non-hydrogen) atoms. The van der Waals surface area contributed by atoms with E-state index < -0.39 is 0 Å². The summed E-state index contributed by atoms with van der Waals surface area (Å²) in [5.41, 5.74) is 2.14. The van der Waals surface area contributed by atoms with Crippen molar-refractivity contribution >= 4 is 11.0 Å². The Morgan fingerprint density at radius 3 is 2.56 bits per heavy atom. The van der Waals surface area contributed by atoms with Crippen molar-refractivity contribution in [3.05, 3.63) is 29.3 Å². The molecule has 1 heterocycles. The van der Waals surface area contributed by atoms with E-state index in [9.17, 15) is 4.39 Å². The molecule has 0 fully saturated rings. The quantitative estimate of drug-likeness (QED) is 0.849. The first-order valence-corrected chi connectivity index (χ1v) is 5.33. The van der Waals surface area contributed by atoms with Gasteiger partial charge < -0.3 is 10.7 Å². The fourth-order valence-corrected chi connectivity index (χ4v) is 1.99. The highest BCUT2D eigenvalue weighted by atomic mass is 19.1. The molecule has 0 saturated heterocycles. The summed E-state index contributed by atoms with van der Waals surface area (Å²) >= 11 is 0. The maximum Gasteiger partial charge on any atom is 0.154 e. The van der Waals surface area contributed by atoms with Gasteiger partial charge in [0.05, 0.1) is 5.52 Å². The number of benzene rings is 1. The van der Waals surface area contributed by atoms with Crippen LogP contribution in [-0.2, 0) is 13.0 Å². The second kappa shape index (κ2) is 4.61. The van der Waals surface area contributed by atoms with Crippen LogP contribution in [0.15, 0.2) is 12.1 Å². The van der Waals surface area contributed by atoms with Crippen LogP contribution < -0.4 is 6.15 Å². The zero-order chi connectivity index (χ0) is 11.0.